The lowest BCUT2D eigenvalue weighted by atomic mass is 9.76. The van der Waals surface area contributed by atoms with Gasteiger partial charge in [-0.3, -0.25) is 4.79 Å². The molecule has 1 amide bonds. The van der Waals surface area contributed by atoms with Crippen molar-refractivity contribution in [3.05, 3.63) is 167 Å². The van der Waals surface area contributed by atoms with Gasteiger partial charge in [-0.1, -0.05) is 121 Å². The summed E-state index contributed by atoms with van der Waals surface area (Å²) in [6, 6.07) is 44.4. The Morgan fingerprint density at radius 3 is 2.05 bits per heavy atom. The number of carbonyl (C=O) groups is 2. The summed E-state index contributed by atoms with van der Waals surface area (Å²) in [7, 11) is 0. The van der Waals surface area contributed by atoms with Crippen LogP contribution in [-0.4, -0.2) is 21.9 Å². The molecule has 0 saturated heterocycles. The van der Waals surface area contributed by atoms with Crippen molar-refractivity contribution in [2.45, 2.75) is 38.3 Å². The van der Waals surface area contributed by atoms with Crippen molar-refractivity contribution in [1.29, 1.82) is 0 Å². The van der Waals surface area contributed by atoms with Crippen molar-refractivity contribution < 1.29 is 14.7 Å². The smallest absolute Gasteiger partial charge is 0.335 e. The zero-order chi connectivity index (χ0) is 29.6. The molecule has 0 saturated carbocycles. The fourth-order valence-electron chi connectivity index (χ4n) is 6.42. The summed E-state index contributed by atoms with van der Waals surface area (Å²) in [5, 5.41) is 9.28. The lowest BCUT2D eigenvalue weighted by Gasteiger charge is -2.42. The van der Waals surface area contributed by atoms with E-state index in [1.165, 1.54) is 16.7 Å². The number of aromatic carboxylic acids is 1. The Morgan fingerprint density at radius 2 is 1.33 bits per heavy atom. The number of benzene rings is 5. The highest BCUT2D eigenvalue weighted by Crippen LogP contribution is 2.41. The lowest BCUT2D eigenvalue weighted by molar-refractivity contribution is -0.135. The first-order chi connectivity index (χ1) is 21.0. The highest BCUT2D eigenvalue weighted by Gasteiger charge is 2.36. The second-order valence-corrected chi connectivity index (χ2v) is 11.4. The largest absolute Gasteiger partial charge is 0.478 e. The number of aryl methyl sites for hydroxylation is 1. The number of amides is 1. The molecule has 6 rings (SSSR count). The average molecular weight is 566 g/mol. The minimum Gasteiger partial charge on any atom is -0.478 e. The Hall–Kier alpha value is -4.96. The van der Waals surface area contributed by atoms with Crippen LogP contribution in [-0.2, 0) is 30.6 Å². The third kappa shape index (κ3) is 6.60. The van der Waals surface area contributed by atoms with Crippen LogP contribution in [0.15, 0.2) is 133 Å². The minimum atomic E-state index is -0.945. The van der Waals surface area contributed by atoms with Crippen LogP contribution in [0.1, 0.15) is 50.6 Å². The first-order valence-electron chi connectivity index (χ1n) is 14.9. The van der Waals surface area contributed by atoms with Gasteiger partial charge in [0.25, 0.3) is 0 Å². The predicted molar refractivity (Wildman–Crippen MR) is 171 cm³/mol. The van der Waals surface area contributed by atoms with Crippen molar-refractivity contribution in [3.63, 3.8) is 0 Å². The van der Waals surface area contributed by atoms with Gasteiger partial charge >= 0.3 is 5.97 Å². The molecule has 0 heterocycles. The normalized spacial score (nSPS) is 15.8. The highest BCUT2D eigenvalue weighted by atomic mass is 16.4. The molecular formula is C39H35NO3. The van der Waals surface area contributed by atoms with E-state index >= 15 is 0 Å². The number of carboxylic acids is 1. The molecule has 4 heteroatoms. The van der Waals surface area contributed by atoms with E-state index in [0.717, 1.165) is 41.5 Å². The molecule has 5 aromatic carbocycles. The number of rotatable bonds is 9. The fourth-order valence-corrected chi connectivity index (χ4v) is 6.42. The van der Waals surface area contributed by atoms with E-state index in [1.807, 2.05) is 54.6 Å². The van der Waals surface area contributed by atoms with Gasteiger partial charge in [0.05, 0.1) is 18.0 Å². The molecule has 43 heavy (non-hydrogen) atoms. The SMILES string of the molecule is O=C(O)c1ccc(-c2cccc(CC(=O)N(Cc3ccccc3)C3c4ccccc4CCC3Cc3ccccc3)c2)cc1. The summed E-state index contributed by atoms with van der Waals surface area (Å²) < 4.78 is 0. The maximum absolute atomic E-state index is 14.5. The van der Waals surface area contributed by atoms with Crippen molar-refractivity contribution in [2.24, 2.45) is 5.92 Å². The predicted octanol–water partition coefficient (Wildman–Crippen LogP) is 8.17. The molecular weight excluding hydrogens is 530 g/mol. The third-order valence-electron chi connectivity index (χ3n) is 8.54. The Bertz CT molecular complexity index is 1700. The molecule has 1 aliphatic carbocycles. The Morgan fingerprint density at radius 1 is 0.674 bits per heavy atom. The molecule has 2 atom stereocenters. The van der Waals surface area contributed by atoms with Crippen LogP contribution in [0.4, 0.5) is 0 Å². The second-order valence-electron chi connectivity index (χ2n) is 11.4. The standard InChI is InChI=1S/C39H35NO3/c41-37(26-30-14-9-16-34(25-30)31-18-21-33(22-19-31)39(42)43)40(27-29-12-5-2-6-13-29)38-35(24-28-10-3-1-4-11-28)23-20-32-15-7-8-17-36(32)38/h1-19,21-22,25,35,38H,20,23-24,26-27H2,(H,42,43). The Balaban J connectivity index is 1.34. The van der Waals surface area contributed by atoms with Crippen LogP contribution in [0.25, 0.3) is 11.1 Å². The fraction of sp³-hybridized carbons (Fsp3) is 0.179. The first-order valence-corrected chi connectivity index (χ1v) is 14.9. The topological polar surface area (TPSA) is 57.6 Å². The number of fused-ring (bicyclic) bond motifs is 1. The van der Waals surface area contributed by atoms with E-state index in [1.54, 1.807) is 12.1 Å². The van der Waals surface area contributed by atoms with Crippen LogP contribution < -0.4 is 0 Å². The number of nitrogens with zero attached hydrogens (tertiary/aromatic N) is 1. The van der Waals surface area contributed by atoms with Crippen LogP contribution >= 0.6 is 0 Å². The first kappa shape index (κ1) is 28.2. The molecule has 0 radical (unpaired) electrons. The van der Waals surface area contributed by atoms with Crippen molar-refractivity contribution >= 4 is 11.9 Å². The van der Waals surface area contributed by atoms with Gasteiger partial charge in [0.15, 0.2) is 0 Å². The summed E-state index contributed by atoms with van der Waals surface area (Å²) in [4.78, 5) is 27.9. The number of hydrogen-bond acceptors (Lipinski definition) is 2. The van der Waals surface area contributed by atoms with Gasteiger partial charge in [0.1, 0.15) is 0 Å². The van der Waals surface area contributed by atoms with Gasteiger partial charge in [-0.15, -0.1) is 0 Å². The second kappa shape index (κ2) is 12.9. The molecule has 0 spiro atoms. The molecule has 2 unspecified atom stereocenters. The van der Waals surface area contributed by atoms with Gasteiger partial charge < -0.3 is 10.0 Å². The molecule has 0 bridgehead atoms. The molecule has 1 aliphatic rings. The summed E-state index contributed by atoms with van der Waals surface area (Å²) in [6.45, 7) is 0.542. The van der Waals surface area contributed by atoms with Crippen molar-refractivity contribution in [3.8, 4) is 11.1 Å². The van der Waals surface area contributed by atoms with Crippen LogP contribution in [0.2, 0.25) is 0 Å². The van der Waals surface area contributed by atoms with Crippen LogP contribution in [0, 0.1) is 5.92 Å². The Kier molecular flexibility index (Phi) is 8.46. The molecule has 4 nitrogen and oxygen atoms in total. The zero-order valence-electron chi connectivity index (χ0n) is 24.1. The zero-order valence-corrected chi connectivity index (χ0v) is 24.1. The molecule has 0 aromatic heterocycles. The number of carboxylic acid groups (broad SMARTS) is 1. The molecule has 0 aliphatic heterocycles. The van der Waals surface area contributed by atoms with Gasteiger partial charge in [0.2, 0.25) is 5.91 Å². The molecule has 214 valence electrons. The summed E-state index contributed by atoms with van der Waals surface area (Å²) >= 11 is 0. The van der Waals surface area contributed by atoms with Gasteiger partial charge in [-0.25, -0.2) is 4.79 Å². The van der Waals surface area contributed by atoms with Crippen molar-refractivity contribution in [1.82, 2.24) is 4.90 Å². The van der Waals surface area contributed by atoms with E-state index in [2.05, 4.69) is 71.6 Å². The minimum absolute atomic E-state index is 0.0374. The van der Waals surface area contributed by atoms with Crippen LogP contribution in [0.3, 0.4) is 0 Å². The van der Waals surface area contributed by atoms with Crippen molar-refractivity contribution in [2.75, 3.05) is 0 Å². The Labute approximate surface area is 253 Å². The third-order valence-corrected chi connectivity index (χ3v) is 8.54. The average Bonchev–Trinajstić information content (AvgIpc) is 3.05. The van der Waals surface area contributed by atoms with E-state index in [-0.39, 0.29) is 23.9 Å². The monoisotopic (exact) mass is 565 g/mol. The summed E-state index contributed by atoms with van der Waals surface area (Å²) in [6.07, 6.45) is 3.24. The highest BCUT2D eigenvalue weighted by molar-refractivity contribution is 5.88. The molecule has 5 aromatic rings. The number of carbonyl (C=O) groups excluding carboxylic acids is 1. The number of hydrogen-bond donors (Lipinski definition) is 1. The summed E-state index contributed by atoms with van der Waals surface area (Å²) in [5.41, 5.74) is 8.07. The van der Waals surface area contributed by atoms with Gasteiger partial charge in [-0.2, -0.15) is 0 Å². The van der Waals surface area contributed by atoms with E-state index < -0.39 is 5.97 Å². The maximum atomic E-state index is 14.5. The quantitative estimate of drug-likeness (QED) is 0.196. The lowest BCUT2D eigenvalue weighted by Crippen LogP contribution is -2.41. The summed E-state index contributed by atoms with van der Waals surface area (Å²) in [5.74, 6) is -0.551. The van der Waals surface area contributed by atoms with Gasteiger partial charge in [0, 0.05) is 6.54 Å². The molecule has 0 fully saturated rings. The van der Waals surface area contributed by atoms with E-state index in [4.69, 9.17) is 0 Å². The molecule has 1 N–H and O–H groups in total. The van der Waals surface area contributed by atoms with E-state index in [9.17, 15) is 14.7 Å². The van der Waals surface area contributed by atoms with E-state index in [0.29, 0.717) is 12.5 Å². The van der Waals surface area contributed by atoms with Gasteiger partial charge in [-0.05, 0) is 76.3 Å². The maximum Gasteiger partial charge on any atom is 0.335 e. The van der Waals surface area contributed by atoms with Crippen LogP contribution in [0.5, 0.6) is 0 Å².